The van der Waals surface area contributed by atoms with Gasteiger partial charge in [-0.15, -0.1) is 11.3 Å². The fourth-order valence-electron chi connectivity index (χ4n) is 4.38. The molecular formula is C30H39N5O5S. The molecule has 5 N–H and O–H groups in total. The third-order valence-electron chi connectivity index (χ3n) is 6.56. The van der Waals surface area contributed by atoms with E-state index in [4.69, 9.17) is 4.74 Å². The summed E-state index contributed by atoms with van der Waals surface area (Å²) in [6, 6.07) is 16.8. The number of aliphatic hydroxyl groups excluding tert-OH is 1. The van der Waals surface area contributed by atoms with Crippen LogP contribution in [0.5, 0.6) is 0 Å². The van der Waals surface area contributed by atoms with Crippen LogP contribution in [0.15, 0.2) is 72.4 Å². The molecule has 11 heteroatoms. The first-order valence-electron chi connectivity index (χ1n) is 13.6. The summed E-state index contributed by atoms with van der Waals surface area (Å²) >= 11 is 1.38. The van der Waals surface area contributed by atoms with Gasteiger partial charge in [0.25, 0.3) is 0 Å². The first-order valence-corrected chi connectivity index (χ1v) is 14.5. The van der Waals surface area contributed by atoms with Crippen molar-refractivity contribution in [3.05, 3.63) is 88.4 Å². The standard InChI is InChI=1S/C30H39N5O5S/c1-20(2)27(35-29(38)31-3)28(37)33-23(14-21-10-6-4-7-11-21)16-26(36)25(15-22-12-8-5-9-13-22)34-30(39)40-18-24-17-32-19-41-24/h4-13,17,19-20,23,25-27,36H,14-16,18H2,1-3H3,(H,33,37)(H,34,39)(H2,31,35,38)/t23?,25?,26?,27-/m0/s1. The van der Waals surface area contributed by atoms with Crippen LogP contribution in [0.4, 0.5) is 9.59 Å². The highest BCUT2D eigenvalue weighted by atomic mass is 32.1. The van der Waals surface area contributed by atoms with E-state index < -0.39 is 36.4 Å². The van der Waals surface area contributed by atoms with Crippen LogP contribution in [0.1, 0.15) is 36.3 Å². The Morgan fingerprint density at radius 2 is 1.56 bits per heavy atom. The average Bonchev–Trinajstić information content (AvgIpc) is 3.49. The van der Waals surface area contributed by atoms with Crippen LogP contribution >= 0.6 is 11.3 Å². The highest BCUT2D eigenvalue weighted by molar-refractivity contribution is 7.09. The molecule has 3 rings (SSSR count). The van der Waals surface area contributed by atoms with E-state index in [9.17, 15) is 19.5 Å². The summed E-state index contributed by atoms with van der Waals surface area (Å²) in [4.78, 5) is 42.8. The summed E-state index contributed by atoms with van der Waals surface area (Å²) in [5, 5.41) is 22.5. The zero-order valence-electron chi connectivity index (χ0n) is 23.6. The number of alkyl carbamates (subject to hydrolysis) is 1. The lowest BCUT2D eigenvalue weighted by molar-refractivity contribution is -0.124. The van der Waals surface area contributed by atoms with Gasteiger partial charge in [-0.1, -0.05) is 74.5 Å². The van der Waals surface area contributed by atoms with Crippen molar-refractivity contribution in [3.63, 3.8) is 0 Å². The number of rotatable bonds is 14. The Bertz CT molecular complexity index is 1210. The van der Waals surface area contributed by atoms with E-state index in [-0.39, 0.29) is 24.9 Å². The molecule has 220 valence electrons. The summed E-state index contributed by atoms with van der Waals surface area (Å²) in [6.07, 6.45) is 0.909. The zero-order valence-corrected chi connectivity index (χ0v) is 24.4. The number of ether oxygens (including phenoxy) is 1. The molecule has 0 bridgehead atoms. The predicted octanol–water partition coefficient (Wildman–Crippen LogP) is 3.41. The molecule has 1 heterocycles. The fraction of sp³-hybridized carbons (Fsp3) is 0.400. The van der Waals surface area contributed by atoms with Crippen LogP contribution < -0.4 is 21.3 Å². The van der Waals surface area contributed by atoms with Crippen molar-refractivity contribution in [1.82, 2.24) is 26.3 Å². The highest BCUT2D eigenvalue weighted by Crippen LogP contribution is 2.16. The van der Waals surface area contributed by atoms with Crippen molar-refractivity contribution in [2.75, 3.05) is 7.05 Å². The number of carbonyl (C=O) groups excluding carboxylic acids is 3. The second-order valence-corrected chi connectivity index (χ2v) is 11.1. The van der Waals surface area contributed by atoms with Gasteiger partial charge in [0.15, 0.2) is 0 Å². The van der Waals surface area contributed by atoms with Crippen molar-refractivity contribution in [3.8, 4) is 0 Å². The minimum absolute atomic E-state index is 0.0757. The zero-order chi connectivity index (χ0) is 29.6. The van der Waals surface area contributed by atoms with Crippen molar-refractivity contribution in [1.29, 1.82) is 0 Å². The smallest absolute Gasteiger partial charge is 0.407 e. The third-order valence-corrected chi connectivity index (χ3v) is 7.31. The number of aromatic nitrogens is 1. The van der Waals surface area contributed by atoms with Crippen LogP contribution in [0.3, 0.4) is 0 Å². The Labute approximate surface area is 244 Å². The van der Waals surface area contributed by atoms with E-state index >= 15 is 0 Å². The molecule has 1 aromatic heterocycles. The highest BCUT2D eigenvalue weighted by Gasteiger charge is 2.30. The molecule has 2 aromatic carbocycles. The molecule has 41 heavy (non-hydrogen) atoms. The van der Waals surface area contributed by atoms with E-state index in [1.807, 2.05) is 74.5 Å². The Kier molecular flexibility index (Phi) is 12.6. The van der Waals surface area contributed by atoms with E-state index in [0.717, 1.165) is 16.0 Å². The monoisotopic (exact) mass is 581 g/mol. The molecule has 4 amide bonds. The van der Waals surface area contributed by atoms with E-state index in [1.165, 1.54) is 18.4 Å². The lowest BCUT2D eigenvalue weighted by Crippen LogP contribution is -2.55. The number of nitrogens with zero attached hydrogens (tertiary/aromatic N) is 1. The van der Waals surface area contributed by atoms with Crippen molar-refractivity contribution < 1.29 is 24.2 Å². The molecule has 0 saturated carbocycles. The van der Waals surface area contributed by atoms with Gasteiger partial charge in [0.2, 0.25) is 5.91 Å². The van der Waals surface area contributed by atoms with Gasteiger partial charge in [0.1, 0.15) is 12.6 Å². The lowest BCUT2D eigenvalue weighted by atomic mass is 9.93. The summed E-state index contributed by atoms with van der Waals surface area (Å²) in [7, 11) is 1.49. The summed E-state index contributed by atoms with van der Waals surface area (Å²) in [5.41, 5.74) is 3.56. The summed E-state index contributed by atoms with van der Waals surface area (Å²) in [6.45, 7) is 3.77. The summed E-state index contributed by atoms with van der Waals surface area (Å²) < 4.78 is 5.37. The molecule has 10 nitrogen and oxygen atoms in total. The Morgan fingerprint density at radius 3 is 2.12 bits per heavy atom. The molecule has 3 unspecified atom stereocenters. The van der Waals surface area contributed by atoms with E-state index in [2.05, 4.69) is 26.3 Å². The molecule has 0 radical (unpaired) electrons. The van der Waals surface area contributed by atoms with Crippen LogP contribution in [0.25, 0.3) is 0 Å². The van der Waals surface area contributed by atoms with Crippen LogP contribution in [0, 0.1) is 5.92 Å². The van der Waals surface area contributed by atoms with Gasteiger partial charge >= 0.3 is 12.1 Å². The second-order valence-electron chi connectivity index (χ2n) is 10.1. The lowest BCUT2D eigenvalue weighted by Gasteiger charge is -2.30. The molecule has 4 atom stereocenters. The molecule has 0 fully saturated rings. The maximum Gasteiger partial charge on any atom is 0.407 e. The Morgan fingerprint density at radius 1 is 0.927 bits per heavy atom. The van der Waals surface area contributed by atoms with Gasteiger partial charge in [-0.2, -0.15) is 0 Å². The summed E-state index contributed by atoms with van der Waals surface area (Å²) in [5.74, 6) is -0.524. The molecule has 0 aliphatic carbocycles. The van der Waals surface area contributed by atoms with E-state index in [1.54, 1.807) is 11.7 Å². The first-order chi connectivity index (χ1) is 19.7. The number of amides is 4. The normalized spacial score (nSPS) is 13.9. The molecule has 0 saturated heterocycles. The van der Waals surface area contributed by atoms with Gasteiger partial charge in [-0.25, -0.2) is 9.59 Å². The number of nitrogens with one attached hydrogen (secondary N) is 4. The number of hydrogen-bond acceptors (Lipinski definition) is 7. The van der Waals surface area contributed by atoms with Crippen LogP contribution in [0.2, 0.25) is 0 Å². The molecule has 0 spiro atoms. The van der Waals surface area contributed by atoms with Gasteiger partial charge in [-0.3, -0.25) is 9.78 Å². The van der Waals surface area contributed by atoms with Gasteiger partial charge in [0, 0.05) is 19.3 Å². The number of aliphatic hydroxyl groups is 1. The van der Waals surface area contributed by atoms with Gasteiger partial charge < -0.3 is 31.1 Å². The van der Waals surface area contributed by atoms with Crippen molar-refractivity contribution in [2.24, 2.45) is 5.92 Å². The SMILES string of the molecule is CNC(=O)N[C@H](C(=O)NC(Cc1ccccc1)CC(O)C(Cc1ccccc1)NC(=O)OCc1cncs1)C(C)C. The topological polar surface area (TPSA) is 142 Å². The first kappa shape index (κ1) is 31.6. The second kappa shape index (κ2) is 16.3. The molecular weight excluding hydrogens is 542 g/mol. The number of thiazole rings is 1. The van der Waals surface area contributed by atoms with E-state index in [0.29, 0.717) is 12.8 Å². The fourth-order valence-corrected chi connectivity index (χ4v) is 4.89. The Balaban J connectivity index is 1.77. The number of benzene rings is 2. The largest absolute Gasteiger partial charge is 0.444 e. The number of urea groups is 1. The molecule has 0 aliphatic heterocycles. The quantitative estimate of drug-likeness (QED) is 0.198. The molecule has 0 aliphatic rings. The predicted molar refractivity (Wildman–Crippen MR) is 158 cm³/mol. The van der Waals surface area contributed by atoms with Crippen LogP contribution in [-0.4, -0.2) is 59.4 Å². The number of hydrogen-bond donors (Lipinski definition) is 5. The number of carbonyl (C=O) groups is 3. The Hall–Kier alpha value is -3.96. The van der Waals surface area contributed by atoms with Gasteiger partial charge in [0.05, 0.1) is 22.5 Å². The maximum absolute atomic E-state index is 13.3. The molecule has 3 aromatic rings. The average molecular weight is 582 g/mol. The van der Waals surface area contributed by atoms with Crippen molar-refractivity contribution >= 4 is 29.4 Å². The maximum atomic E-state index is 13.3. The van der Waals surface area contributed by atoms with Gasteiger partial charge in [-0.05, 0) is 36.3 Å². The van der Waals surface area contributed by atoms with Crippen molar-refractivity contribution in [2.45, 2.75) is 63.9 Å². The minimum Gasteiger partial charge on any atom is -0.444 e. The van der Waals surface area contributed by atoms with Crippen LogP contribution in [-0.2, 0) is 29.0 Å². The third kappa shape index (κ3) is 10.8. The minimum atomic E-state index is -1.02.